The van der Waals surface area contributed by atoms with E-state index in [1.165, 1.54) is 48.5 Å². The molecule has 3 aromatic carbocycles. The smallest absolute Gasteiger partial charge is 0.270 e. The Kier molecular flexibility index (Phi) is 5.83. The van der Waals surface area contributed by atoms with Gasteiger partial charge in [-0.25, -0.2) is 12.8 Å². The minimum absolute atomic E-state index is 0.0806. The van der Waals surface area contributed by atoms with Gasteiger partial charge in [0.05, 0.1) is 20.4 Å². The molecular weight excluding hydrogens is 469 g/mol. The van der Waals surface area contributed by atoms with Crippen LogP contribution in [0.1, 0.15) is 15.2 Å². The number of amides is 1. The minimum Gasteiger partial charge on any atom is -0.321 e. The molecule has 0 fully saturated rings. The first-order valence-corrected chi connectivity index (χ1v) is 11.8. The third-order valence-corrected chi connectivity index (χ3v) is 7.41. The van der Waals surface area contributed by atoms with Crippen LogP contribution in [-0.2, 0) is 10.0 Å². The molecule has 0 aliphatic heterocycles. The van der Waals surface area contributed by atoms with E-state index in [4.69, 9.17) is 0 Å². The van der Waals surface area contributed by atoms with E-state index in [0.717, 1.165) is 17.4 Å². The first-order chi connectivity index (χ1) is 15.6. The van der Waals surface area contributed by atoms with Gasteiger partial charge in [0.2, 0.25) is 0 Å². The number of nitrogens with zero attached hydrogens (tertiary/aromatic N) is 1. The van der Waals surface area contributed by atoms with Gasteiger partial charge in [-0.1, -0.05) is 18.2 Å². The first-order valence-electron chi connectivity index (χ1n) is 9.51. The molecule has 0 unspecified atom stereocenters. The number of sulfonamides is 1. The molecule has 33 heavy (non-hydrogen) atoms. The Hall–Kier alpha value is -3.83. The van der Waals surface area contributed by atoms with Crippen molar-refractivity contribution in [2.45, 2.75) is 11.8 Å². The Morgan fingerprint density at radius 3 is 2.55 bits per heavy atom. The summed E-state index contributed by atoms with van der Waals surface area (Å²) in [5.41, 5.74) is 0.364. The van der Waals surface area contributed by atoms with Gasteiger partial charge >= 0.3 is 0 Å². The Morgan fingerprint density at radius 2 is 1.82 bits per heavy atom. The quantitative estimate of drug-likeness (QED) is 0.283. The van der Waals surface area contributed by atoms with Crippen LogP contribution in [-0.4, -0.2) is 19.2 Å². The van der Waals surface area contributed by atoms with Crippen molar-refractivity contribution in [1.29, 1.82) is 0 Å². The molecule has 0 spiro atoms. The Balaban J connectivity index is 1.60. The van der Waals surface area contributed by atoms with Gasteiger partial charge in [-0.05, 0) is 48.9 Å². The zero-order chi connectivity index (χ0) is 23.8. The van der Waals surface area contributed by atoms with Gasteiger partial charge in [0, 0.05) is 27.9 Å². The average Bonchev–Trinajstić information content (AvgIpc) is 3.20. The third kappa shape index (κ3) is 4.69. The fourth-order valence-corrected chi connectivity index (χ4v) is 5.44. The average molecular weight is 486 g/mol. The minimum atomic E-state index is -4.13. The summed E-state index contributed by atoms with van der Waals surface area (Å²) in [6.45, 7) is 1.58. The molecule has 0 saturated carbocycles. The number of hydrogen-bond donors (Lipinski definition) is 2. The predicted molar refractivity (Wildman–Crippen MR) is 125 cm³/mol. The summed E-state index contributed by atoms with van der Waals surface area (Å²) < 4.78 is 42.5. The molecule has 0 bridgehead atoms. The normalized spacial score (nSPS) is 11.3. The lowest BCUT2D eigenvalue weighted by molar-refractivity contribution is -0.384. The van der Waals surface area contributed by atoms with Crippen molar-refractivity contribution in [1.82, 2.24) is 0 Å². The first kappa shape index (κ1) is 22.4. The molecular formula is C22H16FN3O5S2. The number of nitrogens with one attached hydrogen (secondary N) is 2. The molecule has 2 N–H and O–H groups in total. The van der Waals surface area contributed by atoms with E-state index in [9.17, 15) is 27.7 Å². The molecule has 0 radical (unpaired) electrons. The topological polar surface area (TPSA) is 118 Å². The Bertz CT molecular complexity index is 1520. The van der Waals surface area contributed by atoms with E-state index < -0.39 is 26.7 Å². The zero-order valence-electron chi connectivity index (χ0n) is 17.0. The highest BCUT2D eigenvalue weighted by molar-refractivity contribution is 7.92. The van der Waals surface area contributed by atoms with Gasteiger partial charge in [0.25, 0.3) is 21.6 Å². The summed E-state index contributed by atoms with van der Waals surface area (Å²) in [6.07, 6.45) is 0. The Morgan fingerprint density at radius 1 is 1.06 bits per heavy atom. The second kappa shape index (κ2) is 8.60. The van der Waals surface area contributed by atoms with Crippen molar-refractivity contribution in [3.8, 4) is 0 Å². The van der Waals surface area contributed by atoms with Crippen LogP contribution in [0.4, 0.5) is 21.5 Å². The second-order valence-electron chi connectivity index (χ2n) is 7.11. The Labute approximate surface area is 191 Å². The lowest BCUT2D eigenvalue weighted by atomic mass is 10.2. The van der Waals surface area contributed by atoms with Crippen molar-refractivity contribution >= 4 is 54.4 Å². The lowest BCUT2D eigenvalue weighted by Gasteiger charge is -2.13. The van der Waals surface area contributed by atoms with Crippen LogP contribution < -0.4 is 10.0 Å². The molecule has 8 nitrogen and oxygen atoms in total. The van der Waals surface area contributed by atoms with Crippen molar-refractivity contribution in [3.05, 3.63) is 93.1 Å². The summed E-state index contributed by atoms with van der Waals surface area (Å²) >= 11 is 1.15. The number of hydrogen-bond acceptors (Lipinski definition) is 6. The van der Waals surface area contributed by atoms with Crippen LogP contribution in [0.3, 0.4) is 0 Å². The predicted octanol–water partition coefficient (Wildman–Crippen LogP) is 5.31. The number of halogens is 1. The highest BCUT2D eigenvalue weighted by Gasteiger charge is 2.20. The van der Waals surface area contributed by atoms with Crippen molar-refractivity contribution in [3.63, 3.8) is 0 Å². The van der Waals surface area contributed by atoms with Crippen molar-refractivity contribution in [2.24, 2.45) is 0 Å². The van der Waals surface area contributed by atoms with Crippen molar-refractivity contribution < 1.29 is 22.5 Å². The van der Waals surface area contributed by atoms with Gasteiger partial charge in [0.15, 0.2) is 0 Å². The van der Waals surface area contributed by atoms with Gasteiger partial charge < -0.3 is 5.32 Å². The van der Waals surface area contributed by atoms with Gasteiger partial charge in [-0.2, -0.15) is 0 Å². The number of benzene rings is 3. The molecule has 4 rings (SSSR count). The van der Waals surface area contributed by atoms with E-state index >= 15 is 0 Å². The monoisotopic (exact) mass is 485 g/mol. The number of para-hydroxylation sites is 1. The molecule has 4 aromatic rings. The zero-order valence-corrected chi connectivity index (χ0v) is 18.7. The summed E-state index contributed by atoms with van der Waals surface area (Å²) in [5.74, 6) is -1.21. The molecule has 0 saturated heterocycles. The maximum atomic E-state index is 13.9. The van der Waals surface area contributed by atoms with E-state index in [-0.39, 0.29) is 22.0 Å². The summed E-state index contributed by atoms with van der Waals surface area (Å²) in [4.78, 5) is 23.4. The van der Waals surface area contributed by atoms with Gasteiger partial charge in [0.1, 0.15) is 5.82 Å². The van der Waals surface area contributed by atoms with Crippen LogP contribution in [0.5, 0.6) is 0 Å². The summed E-state index contributed by atoms with van der Waals surface area (Å²) in [6, 6.07) is 15.6. The van der Waals surface area contributed by atoms with E-state index in [2.05, 4.69) is 10.0 Å². The molecule has 0 atom stereocenters. The molecule has 0 aliphatic rings. The van der Waals surface area contributed by atoms with Gasteiger partial charge in [-0.15, -0.1) is 11.3 Å². The van der Waals surface area contributed by atoms with Crippen LogP contribution >= 0.6 is 11.3 Å². The number of carbonyl (C=O) groups is 1. The van der Waals surface area contributed by atoms with Crippen molar-refractivity contribution in [2.75, 3.05) is 10.0 Å². The van der Waals surface area contributed by atoms with Crippen LogP contribution in [0.25, 0.3) is 10.1 Å². The number of aryl methyl sites for hydroxylation is 1. The fraction of sp³-hybridized carbons (Fsp3) is 0.0455. The molecule has 1 heterocycles. The number of carbonyl (C=O) groups excluding carboxylic acids is 1. The maximum Gasteiger partial charge on any atom is 0.270 e. The van der Waals surface area contributed by atoms with E-state index in [1.807, 2.05) is 0 Å². The maximum absolute atomic E-state index is 13.9. The molecule has 11 heteroatoms. The third-order valence-electron chi connectivity index (χ3n) is 4.79. The van der Waals surface area contributed by atoms with Crippen LogP contribution in [0.2, 0.25) is 0 Å². The number of nitro benzene ring substituents is 1. The fourth-order valence-electron chi connectivity index (χ4n) is 3.16. The molecule has 1 amide bonds. The number of nitro groups is 1. The second-order valence-corrected chi connectivity index (χ2v) is 9.84. The number of fused-ring (bicyclic) bond motifs is 1. The molecule has 0 aliphatic carbocycles. The summed E-state index contributed by atoms with van der Waals surface area (Å²) in [5, 5.41) is 14.2. The number of non-ortho nitro benzene ring substituents is 1. The number of thiophene rings is 1. The molecule has 1 aromatic heterocycles. The van der Waals surface area contributed by atoms with E-state index in [1.54, 1.807) is 19.1 Å². The number of rotatable bonds is 6. The lowest BCUT2D eigenvalue weighted by Crippen LogP contribution is -2.16. The standard InChI is InChI=1S/C22H16FN3O5S2/c1-13-6-7-15(12-21(13)33(30,31)25-18-5-3-2-4-17(18)23)24-22(27)20-11-14-10-16(26(28)29)8-9-19(14)32-20/h2-12,25H,1H3,(H,24,27). The highest BCUT2D eigenvalue weighted by atomic mass is 32.2. The largest absolute Gasteiger partial charge is 0.321 e. The highest BCUT2D eigenvalue weighted by Crippen LogP contribution is 2.30. The van der Waals surface area contributed by atoms with Crippen LogP contribution in [0, 0.1) is 22.9 Å². The molecule has 168 valence electrons. The van der Waals surface area contributed by atoms with Gasteiger partial charge in [-0.3, -0.25) is 19.6 Å². The SMILES string of the molecule is Cc1ccc(NC(=O)c2cc3cc([N+](=O)[O-])ccc3s2)cc1S(=O)(=O)Nc1ccccc1F. The summed E-state index contributed by atoms with van der Waals surface area (Å²) in [7, 11) is -4.13. The van der Waals surface area contributed by atoms with Crippen LogP contribution in [0.15, 0.2) is 71.6 Å². The number of anilines is 2. The van der Waals surface area contributed by atoms with E-state index in [0.29, 0.717) is 20.5 Å².